The van der Waals surface area contributed by atoms with Crippen molar-refractivity contribution in [3.05, 3.63) is 65.3 Å². The molecular formula is C21H20N2O5. The van der Waals surface area contributed by atoms with Crippen molar-refractivity contribution in [2.75, 3.05) is 14.2 Å². The van der Waals surface area contributed by atoms with E-state index in [1.54, 1.807) is 36.4 Å². The molecule has 0 radical (unpaired) electrons. The number of nitriles is 1. The highest BCUT2D eigenvalue weighted by Gasteiger charge is 2.11. The Bertz CT molecular complexity index is 933. The van der Waals surface area contributed by atoms with Gasteiger partial charge < -0.3 is 25.0 Å². The molecule has 7 nitrogen and oxygen atoms in total. The van der Waals surface area contributed by atoms with E-state index in [-0.39, 0.29) is 35.1 Å². The molecule has 0 bridgehead atoms. The molecule has 0 unspecified atom stereocenters. The van der Waals surface area contributed by atoms with Crippen LogP contribution >= 0.6 is 0 Å². The summed E-state index contributed by atoms with van der Waals surface area (Å²) in [5.41, 5.74) is 1.10. The predicted molar refractivity (Wildman–Crippen MR) is 104 cm³/mol. The lowest BCUT2D eigenvalue weighted by Crippen LogP contribution is -2.23. The molecule has 0 fully saturated rings. The molecular weight excluding hydrogens is 360 g/mol. The quantitative estimate of drug-likeness (QED) is 0.387. The summed E-state index contributed by atoms with van der Waals surface area (Å²) in [6.07, 6.45) is 4.54. The maximum atomic E-state index is 12.2. The Balaban J connectivity index is 2.11. The Morgan fingerprint density at radius 3 is 2.39 bits per heavy atom. The number of carbonyl (C=O) groups excluding carboxylic acids is 1. The standard InChI is InChI=1S/C21H20N2O5/c1-27-18-10-14(11-19(28-2)20(18)25)6-5-8-15(12-22)21(26)23-13-16-7-3-4-9-17(16)24/h3-11,24-25H,13H2,1-2H3,(H,23,26). The van der Waals surface area contributed by atoms with Crippen LogP contribution in [0.15, 0.2) is 54.1 Å². The van der Waals surface area contributed by atoms with Gasteiger partial charge in [-0.05, 0) is 29.8 Å². The third kappa shape index (κ3) is 5.05. The Hall–Kier alpha value is -3.92. The number of benzene rings is 2. The summed E-state index contributed by atoms with van der Waals surface area (Å²) >= 11 is 0. The van der Waals surface area contributed by atoms with Gasteiger partial charge in [0.05, 0.1) is 14.2 Å². The fourth-order valence-corrected chi connectivity index (χ4v) is 2.36. The van der Waals surface area contributed by atoms with E-state index in [1.807, 2.05) is 6.07 Å². The zero-order valence-electron chi connectivity index (χ0n) is 15.5. The topological polar surface area (TPSA) is 112 Å². The fraction of sp³-hybridized carbons (Fsp3) is 0.143. The average Bonchev–Trinajstić information content (AvgIpc) is 2.71. The van der Waals surface area contributed by atoms with Gasteiger partial charge in [0.25, 0.3) is 5.91 Å². The number of aromatic hydroxyl groups is 2. The predicted octanol–water partition coefficient (Wildman–Crippen LogP) is 2.89. The van der Waals surface area contributed by atoms with Gasteiger partial charge >= 0.3 is 0 Å². The number of phenolic OH excluding ortho intramolecular Hbond substituents is 2. The number of allylic oxidation sites excluding steroid dienone is 2. The lowest BCUT2D eigenvalue weighted by atomic mass is 10.1. The minimum atomic E-state index is -0.559. The minimum Gasteiger partial charge on any atom is -0.508 e. The summed E-state index contributed by atoms with van der Waals surface area (Å²) in [7, 11) is 2.84. The van der Waals surface area contributed by atoms with Crippen molar-refractivity contribution in [1.29, 1.82) is 5.26 Å². The van der Waals surface area contributed by atoms with E-state index >= 15 is 0 Å². The van der Waals surface area contributed by atoms with Crippen molar-refractivity contribution < 1.29 is 24.5 Å². The van der Waals surface area contributed by atoms with Gasteiger partial charge in [0, 0.05) is 12.1 Å². The first kappa shape index (κ1) is 20.4. The smallest absolute Gasteiger partial charge is 0.262 e. The number of ether oxygens (including phenoxy) is 2. The molecule has 7 heteroatoms. The van der Waals surface area contributed by atoms with Gasteiger partial charge in [-0.1, -0.05) is 30.4 Å². The first-order valence-electron chi connectivity index (χ1n) is 8.28. The second kappa shape index (κ2) is 9.69. The van der Waals surface area contributed by atoms with Crippen molar-refractivity contribution in [3.63, 3.8) is 0 Å². The first-order chi connectivity index (χ1) is 13.5. The number of hydrogen-bond donors (Lipinski definition) is 3. The van der Waals surface area contributed by atoms with Gasteiger partial charge in [-0.15, -0.1) is 0 Å². The van der Waals surface area contributed by atoms with Crippen molar-refractivity contribution in [2.45, 2.75) is 6.54 Å². The number of para-hydroxylation sites is 1. The molecule has 0 saturated carbocycles. The van der Waals surface area contributed by atoms with Crippen molar-refractivity contribution >= 4 is 12.0 Å². The van der Waals surface area contributed by atoms with Crippen LogP contribution in [0.1, 0.15) is 11.1 Å². The number of nitrogens with zero attached hydrogens (tertiary/aromatic N) is 1. The van der Waals surface area contributed by atoms with Crippen LogP contribution in [-0.4, -0.2) is 30.3 Å². The largest absolute Gasteiger partial charge is 0.508 e. The van der Waals surface area contributed by atoms with Crippen molar-refractivity contribution in [2.24, 2.45) is 0 Å². The third-order valence-electron chi connectivity index (χ3n) is 3.85. The summed E-state index contributed by atoms with van der Waals surface area (Å²) in [4.78, 5) is 12.2. The normalized spacial score (nSPS) is 11.1. The molecule has 144 valence electrons. The molecule has 0 spiro atoms. The monoisotopic (exact) mass is 380 g/mol. The highest BCUT2D eigenvalue weighted by atomic mass is 16.5. The Morgan fingerprint density at radius 2 is 1.82 bits per heavy atom. The number of hydrogen-bond acceptors (Lipinski definition) is 6. The van der Waals surface area contributed by atoms with E-state index in [1.165, 1.54) is 32.4 Å². The molecule has 2 rings (SSSR count). The molecule has 1 amide bonds. The summed E-state index contributed by atoms with van der Waals surface area (Å²) in [5.74, 6) is -0.122. The fourth-order valence-electron chi connectivity index (χ4n) is 2.36. The van der Waals surface area contributed by atoms with Gasteiger partial charge in [0.15, 0.2) is 11.5 Å². The van der Waals surface area contributed by atoms with E-state index in [2.05, 4.69) is 5.32 Å². The molecule has 28 heavy (non-hydrogen) atoms. The van der Waals surface area contributed by atoms with Crippen LogP contribution < -0.4 is 14.8 Å². The molecule has 0 saturated heterocycles. The molecule has 2 aromatic carbocycles. The number of nitrogens with one attached hydrogen (secondary N) is 1. The highest BCUT2D eigenvalue weighted by Crippen LogP contribution is 2.37. The first-order valence-corrected chi connectivity index (χ1v) is 8.28. The lowest BCUT2D eigenvalue weighted by Gasteiger charge is -2.09. The Morgan fingerprint density at radius 1 is 1.18 bits per heavy atom. The number of methoxy groups -OCH3 is 2. The molecule has 0 aromatic heterocycles. The van der Waals surface area contributed by atoms with Crippen LogP contribution in [0.5, 0.6) is 23.0 Å². The lowest BCUT2D eigenvalue weighted by molar-refractivity contribution is -0.117. The van der Waals surface area contributed by atoms with Crippen LogP contribution in [0, 0.1) is 11.3 Å². The van der Waals surface area contributed by atoms with E-state index < -0.39 is 5.91 Å². The van der Waals surface area contributed by atoms with Crippen molar-refractivity contribution in [3.8, 4) is 29.1 Å². The molecule has 2 aromatic rings. The summed E-state index contributed by atoms with van der Waals surface area (Å²) in [5, 5.41) is 31.4. The molecule has 0 heterocycles. The van der Waals surface area contributed by atoms with Gasteiger partial charge in [0.2, 0.25) is 5.75 Å². The van der Waals surface area contributed by atoms with Gasteiger partial charge in [0.1, 0.15) is 17.4 Å². The SMILES string of the molecule is COc1cc(C=CC=C(C#N)C(=O)NCc2ccccc2O)cc(OC)c1O. The van der Waals surface area contributed by atoms with Crippen LogP contribution in [0.25, 0.3) is 6.08 Å². The van der Waals surface area contributed by atoms with Crippen LogP contribution in [-0.2, 0) is 11.3 Å². The second-order valence-corrected chi connectivity index (χ2v) is 5.64. The third-order valence-corrected chi connectivity index (χ3v) is 3.85. The summed E-state index contributed by atoms with van der Waals surface area (Å²) < 4.78 is 10.2. The van der Waals surface area contributed by atoms with Crippen molar-refractivity contribution in [1.82, 2.24) is 5.32 Å². The summed E-state index contributed by atoms with van der Waals surface area (Å²) in [6, 6.07) is 11.6. The van der Waals surface area contributed by atoms with Gasteiger partial charge in [-0.25, -0.2) is 0 Å². The second-order valence-electron chi connectivity index (χ2n) is 5.64. The summed E-state index contributed by atoms with van der Waals surface area (Å²) in [6.45, 7) is 0.0978. The molecule has 3 N–H and O–H groups in total. The van der Waals surface area contributed by atoms with E-state index in [0.717, 1.165) is 0 Å². The van der Waals surface area contributed by atoms with Crippen LogP contribution in [0.4, 0.5) is 0 Å². The minimum absolute atomic E-state index is 0.0698. The average molecular weight is 380 g/mol. The maximum absolute atomic E-state index is 12.2. The number of carbonyl (C=O) groups is 1. The molecule has 0 aliphatic heterocycles. The zero-order valence-corrected chi connectivity index (χ0v) is 15.5. The highest BCUT2D eigenvalue weighted by molar-refractivity contribution is 5.97. The Kier molecular flexibility index (Phi) is 7.06. The van der Waals surface area contributed by atoms with E-state index in [0.29, 0.717) is 11.1 Å². The van der Waals surface area contributed by atoms with Gasteiger partial charge in [-0.2, -0.15) is 5.26 Å². The molecule has 0 atom stereocenters. The van der Waals surface area contributed by atoms with Crippen LogP contribution in [0.3, 0.4) is 0 Å². The number of amides is 1. The molecule has 0 aliphatic carbocycles. The number of phenols is 2. The number of rotatable bonds is 7. The molecule has 0 aliphatic rings. The van der Waals surface area contributed by atoms with Gasteiger partial charge in [-0.3, -0.25) is 4.79 Å². The Labute approximate surface area is 162 Å². The zero-order chi connectivity index (χ0) is 20.5. The van der Waals surface area contributed by atoms with E-state index in [9.17, 15) is 20.3 Å². The maximum Gasteiger partial charge on any atom is 0.262 e. The van der Waals surface area contributed by atoms with Crippen LogP contribution in [0.2, 0.25) is 0 Å². The van der Waals surface area contributed by atoms with E-state index in [4.69, 9.17) is 9.47 Å².